The zero-order chi connectivity index (χ0) is 22.6. The molecule has 1 heterocycles. The Hall–Kier alpha value is -3.57. The summed E-state index contributed by atoms with van der Waals surface area (Å²) in [4.78, 5) is 23.8. The number of fused-ring (bicyclic) bond motifs is 1. The molecule has 0 unspecified atom stereocenters. The summed E-state index contributed by atoms with van der Waals surface area (Å²) in [6.45, 7) is -0.604. The maximum absolute atomic E-state index is 12.3. The van der Waals surface area contributed by atoms with E-state index in [9.17, 15) is 18.0 Å². The second kappa shape index (κ2) is 9.06. The van der Waals surface area contributed by atoms with Crippen LogP contribution in [0, 0.1) is 0 Å². The average Bonchev–Trinajstić information content (AvgIpc) is 2.74. The van der Waals surface area contributed by atoms with Crippen molar-refractivity contribution in [3.05, 3.63) is 64.5 Å². The van der Waals surface area contributed by atoms with Gasteiger partial charge in [0.15, 0.2) is 0 Å². The van der Waals surface area contributed by atoms with E-state index in [2.05, 4.69) is 4.74 Å². The first-order valence-electron chi connectivity index (χ1n) is 8.93. The molecule has 0 radical (unpaired) electrons. The van der Waals surface area contributed by atoms with Gasteiger partial charge in [0.05, 0.1) is 19.9 Å². The van der Waals surface area contributed by atoms with Crippen LogP contribution in [-0.2, 0) is 26.3 Å². The molecular formula is C20H20N2O8S. The molecule has 0 bridgehead atoms. The number of esters is 1. The van der Waals surface area contributed by atoms with Crippen LogP contribution < -0.4 is 24.5 Å². The van der Waals surface area contributed by atoms with Gasteiger partial charge >= 0.3 is 11.6 Å². The third kappa shape index (κ3) is 5.13. The second-order valence-electron chi connectivity index (χ2n) is 6.36. The van der Waals surface area contributed by atoms with Crippen LogP contribution in [0.5, 0.6) is 11.5 Å². The van der Waals surface area contributed by atoms with Gasteiger partial charge in [0.25, 0.3) is 10.2 Å². The maximum atomic E-state index is 12.3. The van der Waals surface area contributed by atoms with E-state index in [1.807, 2.05) is 30.3 Å². The summed E-state index contributed by atoms with van der Waals surface area (Å²) in [5.74, 6) is -0.880. The van der Waals surface area contributed by atoms with Crippen LogP contribution in [0.25, 0.3) is 11.0 Å². The fraction of sp³-hybridized carbons (Fsp3) is 0.200. The van der Waals surface area contributed by atoms with Gasteiger partial charge in [0, 0.05) is 11.5 Å². The van der Waals surface area contributed by atoms with Crippen LogP contribution in [0.1, 0.15) is 5.56 Å². The molecule has 0 saturated carbocycles. The summed E-state index contributed by atoms with van der Waals surface area (Å²) in [6.07, 6.45) is 0. The number of rotatable bonds is 8. The fourth-order valence-corrected chi connectivity index (χ4v) is 3.50. The van der Waals surface area contributed by atoms with E-state index < -0.39 is 28.3 Å². The molecule has 0 spiro atoms. The van der Waals surface area contributed by atoms with Crippen LogP contribution in [0.2, 0.25) is 0 Å². The molecule has 0 fully saturated rings. The van der Waals surface area contributed by atoms with Crippen molar-refractivity contribution in [1.29, 1.82) is 0 Å². The number of nitrogens with two attached hydrogens (primary N) is 1. The lowest BCUT2D eigenvalue weighted by Gasteiger charge is -2.23. The quantitative estimate of drug-likeness (QED) is 0.405. The minimum absolute atomic E-state index is 0.0302. The van der Waals surface area contributed by atoms with Gasteiger partial charge in [-0.2, -0.15) is 8.42 Å². The molecule has 0 aliphatic rings. The summed E-state index contributed by atoms with van der Waals surface area (Å²) in [7, 11) is -1.97. The van der Waals surface area contributed by atoms with Gasteiger partial charge in [-0.1, -0.05) is 30.3 Å². The predicted molar refractivity (Wildman–Crippen MR) is 112 cm³/mol. The normalized spacial score (nSPS) is 11.2. The lowest BCUT2D eigenvalue weighted by atomic mass is 10.2. The zero-order valence-corrected chi connectivity index (χ0v) is 17.5. The van der Waals surface area contributed by atoms with Crippen LogP contribution in [0.3, 0.4) is 0 Å². The van der Waals surface area contributed by atoms with E-state index in [-0.39, 0.29) is 29.4 Å². The third-order valence-corrected chi connectivity index (χ3v) is 5.26. The van der Waals surface area contributed by atoms with E-state index in [0.29, 0.717) is 9.69 Å². The van der Waals surface area contributed by atoms with E-state index in [1.54, 1.807) is 0 Å². The number of hydrogen-bond donors (Lipinski definition) is 1. The highest BCUT2D eigenvalue weighted by Crippen LogP contribution is 2.35. The van der Waals surface area contributed by atoms with Gasteiger partial charge in [0.1, 0.15) is 24.5 Å². The van der Waals surface area contributed by atoms with Crippen LogP contribution in [-0.4, -0.2) is 35.2 Å². The summed E-state index contributed by atoms with van der Waals surface area (Å²) in [5.41, 5.74) is 0.187. The molecule has 1 aromatic heterocycles. The maximum Gasteiger partial charge on any atom is 0.379 e. The Balaban J connectivity index is 2.17. The molecule has 0 aliphatic heterocycles. The minimum Gasteiger partial charge on any atom is -0.490 e. The van der Waals surface area contributed by atoms with Crippen LogP contribution in [0.15, 0.2) is 57.7 Å². The van der Waals surface area contributed by atoms with E-state index in [1.165, 1.54) is 25.3 Å². The molecule has 3 aromatic rings. The lowest BCUT2D eigenvalue weighted by Crippen LogP contribution is -2.41. The Morgan fingerprint density at radius 2 is 1.81 bits per heavy atom. The number of anilines is 1. The van der Waals surface area contributed by atoms with Crippen molar-refractivity contribution in [2.75, 3.05) is 25.1 Å². The van der Waals surface area contributed by atoms with Gasteiger partial charge in [-0.05, 0) is 17.7 Å². The Kier molecular flexibility index (Phi) is 6.47. The van der Waals surface area contributed by atoms with Gasteiger partial charge in [-0.15, -0.1) is 0 Å². The molecule has 0 amide bonds. The van der Waals surface area contributed by atoms with Crippen LogP contribution in [0.4, 0.5) is 5.69 Å². The van der Waals surface area contributed by atoms with Crippen molar-refractivity contribution >= 4 is 32.8 Å². The van der Waals surface area contributed by atoms with Gasteiger partial charge < -0.3 is 18.6 Å². The minimum atomic E-state index is -4.39. The van der Waals surface area contributed by atoms with Crippen molar-refractivity contribution in [2.45, 2.75) is 6.61 Å². The first kappa shape index (κ1) is 22.1. The summed E-state index contributed by atoms with van der Waals surface area (Å²) >= 11 is 0. The van der Waals surface area contributed by atoms with Crippen molar-refractivity contribution in [3.63, 3.8) is 0 Å². The van der Waals surface area contributed by atoms with Crippen molar-refractivity contribution in [3.8, 4) is 11.5 Å². The van der Waals surface area contributed by atoms with Gasteiger partial charge in [-0.25, -0.2) is 14.2 Å². The van der Waals surface area contributed by atoms with E-state index in [4.69, 9.17) is 19.0 Å². The molecule has 10 nitrogen and oxygen atoms in total. The first-order valence-corrected chi connectivity index (χ1v) is 10.4. The zero-order valence-electron chi connectivity index (χ0n) is 16.7. The predicted octanol–water partition coefficient (Wildman–Crippen LogP) is 1.56. The summed E-state index contributed by atoms with van der Waals surface area (Å²) < 4.78 is 45.8. The number of carbonyl (C=O) groups is 1. The van der Waals surface area contributed by atoms with Crippen molar-refractivity contribution in [1.82, 2.24) is 0 Å². The molecule has 3 rings (SSSR count). The first-order chi connectivity index (χ1) is 14.7. The Morgan fingerprint density at radius 3 is 2.42 bits per heavy atom. The molecular weight excluding hydrogens is 428 g/mol. The highest BCUT2D eigenvalue weighted by molar-refractivity contribution is 7.90. The molecule has 31 heavy (non-hydrogen) atoms. The molecule has 11 heteroatoms. The number of hydrogen-bond acceptors (Lipinski definition) is 8. The number of ether oxygens (including phenoxy) is 3. The molecule has 0 atom stereocenters. The van der Waals surface area contributed by atoms with Gasteiger partial charge in [0.2, 0.25) is 5.75 Å². The highest BCUT2D eigenvalue weighted by atomic mass is 32.2. The topological polar surface area (TPSA) is 138 Å². The van der Waals surface area contributed by atoms with E-state index in [0.717, 1.165) is 12.7 Å². The Bertz CT molecular complexity index is 1260. The lowest BCUT2D eigenvalue weighted by molar-refractivity contribution is -0.138. The largest absolute Gasteiger partial charge is 0.490 e. The number of methoxy groups -OCH3 is 2. The molecule has 0 saturated heterocycles. The second-order valence-corrected chi connectivity index (χ2v) is 7.83. The molecule has 0 aliphatic carbocycles. The van der Waals surface area contributed by atoms with Crippen molar-refractivity contribution < 1.29 is 31.8 Å². The number of carbonyl (C=O) groups excluding carboxylic acids is 1. The summed E-state index contributed by atoms with van der Waals surface area (Å²) in [5, 5.41) is 5.68. The molecule has 2 N–H and O–H groups in total. The smallest absolute Gasteiger partial charge is 0.379 e. The third-order valence-electron chi connectivity index (χ3n) is 4.32. The van der Waals surface area contributed by atoms with Crippen LogP contribution >= 0.6 is 0 Å². The van der Waals surface area contributed by atoms with Gasteiger partial charge in [-0.3, -0.25) is 4.79 Å². The molecule has 2 aromatic carbocycles. The van der Waals surface area contributed by atoms with E-state index >= 15 is 0 Å². The van der Waals surface area contributed by atoms with Crippen molar-refractivity contribution in [2.24, 2.45) is 5.14 Å². The number of benzene rings is 2. The Morgan fingerprint density at radius 1 is 1.10 bits per heavy atom. The average molecular weight is 448 g/mol. The summed E-state index contributed by atoms with van der Waals surface area (Å²) in [6, 6.07) is 13.2. The monoisotopic (exact) mass is 448 g/mol. The number of nitrogens with zero attached hydrogens (tertiary/aromatic N) is 1. The standard InChI is InChI=1S/C20H20N2O8S/c1-27-18-9-14-8-15(22(31(21,25)26)11-19(23)28-2)17(10-16(14)30-20(18)24)29-12-13-6-4-3-5-7-13/h3-10H,11-12H2,1-2H3,(H2,21,25,26). The Labute approximate surface area is 177 Å². The fourth-order valence-electron chi connectivity index (χ4n) is 2.80. The molecule has 164 valence electrons. The highest BCUT2D eigenvalue weighted by Gasteiger charge is 2.26. The SMILES string of the molecule is COC(=O)CN(c1cc2cc(OC)c(=O)oc2cc1OCc1ccccc1)S(N)(=O)=O.